The first-order chi connectivity index (χ1) is 13.3. The molecule has 3 aromatic rings. The largest absolute Gasteiger partial charge is 0.309 e. The van der Waals surface area contributed by atoms with Gasteiger partial charge in [-0.1, -0.05) is 18.2 Å². The molecule has 0 aliphatic carbocycles. The van der Waals surface area contributed by atoms with Gasteiger partial charge in [0.15, 0.2) is 0 Å². The predicted octanol–water partition coefficient (Wildman–Crippen LogP) is 3.16. The number of nitrogens with one attached hydrogen (secondary N) is 1. The molecule has 6 heteroatoms. The molecule has 1 atom stereocenters. The highest BCUT2D eigenvalue weighted by Gasteiger charge is 2.20. The molecule has 1 saturated heterocycles. The van der Waals surface area contributed by atoms with Gasteiger partial charge in [-0.05, 0) is 43.7 Å². The maximum absolute atomic E-state index is 13.9. The summed E-state index contributed by atoms with van der Waals surface area (Å²) < 4.78 is 15.5. The van der Waals surface area contributed by atoms with Crippen LogP contribution in [0.4, 0.5) is 4.39 Å². The molecule has 5 nitrogen and oxygen atoms in total. The maximum Gasteiger partial charge on any atom is 0.148 e. The van der Waals surface area contributed by atoms with Crippen LogP contribution in [0.25, 0.3) is 5.69 Å². The van der Waals surface area contributed by atoms with Gasteiger partial charge in [-0.25, -0.2) is 9.07 Å². The summed E-state index contributed by atoms with van der Waals surface area (Å²) in [7, 11) is 0. The molecule has 140 valence electrons. The minimum absolute atomic E-state index is 0.266. The van der Waals surface area contributed by atoms with Crippen molar-refractivity contribution in [3.8, 4) is 5.69 Å². The van der Waals surface area contributed by atoms with Crippen molar-refractivity contribution in [2.24, 2.45) is 0 Å². The first-order valence-electron chi connectivity index (χ1n) is 9.42. The molecule has 0 spiro atoms. The van der Waals surface area contributed by atoms with Crippen LogP contribution >= 0.6 is 0 Å². The standard InChI is InChI=1S/C21H24FN5/c22-20-8-1-2-9-21(20)27-14-17(13-25-27)12-24-19-7-5-11-26(16-19)15-18-6-3-4-10-23-18/h1-4,6,8-10,13-14,19,24H,5,7,11-12,15-16H2/t19-/m0/s1. The van der Waals surface area contributed by atoms with E-state index in [1.165, 1.54) is 18.9 Å². The third-order valence-corrected chi connectivity index (χ3v) is 4.95. The van der Waals surface area contributed by atoms with Crippen molar-refractivity contribution in [2.75, 3.05) is 13.1 Å². The third-order valence-electron chi connectivity index (χ3n) is 4.95. The van der Waals surface area contributed by atoms with E-state index in [9.17, 15) is 4.39 Å². The van der Waals surface area contributed by atoms with E-state index < -0.39 is 0 Å². The number of nitrogens with zero attached hydrogens (tertiary/aromatic N) is 4. The van der Waals surface area contributed by atoms with Crippen molar-refractivity contribution in [3.63, 3.8) is 0 Å². The molecule has 1 fully saturated rings. The van der Waals surface area contributed by atoms with Gasteiger partial charge in [0.25, 0.3) is 0 Å². The number of rotatable bonds is 6. The van der Waals surface area contributed by atoms with E-state index in [2.05, 4.69) is 26.4 Å². The Bertz CT molecular complexity index is 864. The van der Waals surface area contributed by atoms with E-state index in [0.717, 1.165) is 37.4 Å². The lowest BCUT2D eigenvalue weighted by atomic mass is 10.1. The van der Waals surface area contributed by atoms with Gasteiger partial charge in [0.05, 0.1) is 11.9 Å². The predicted molar refractivity (Wildman–Crippen MR) is 103 cm³/mol. The van der Waals surface area contributed by atoms with Crippen molar-refractivity contribution in [1.82, 2.24) is 25.0 Å². The van der Waals surface area contributed by atoms with Crippen LogP contribution < -0.4 is 5.32 Å². The topological polar surface area (TPSA) is 46.0 Å². The number of likely N-dealkylation sites (tertiary alicyclic amines) is 1. The van der Waals surface area contributed by atoms with Crippen molar-refractivity contribution in [2.45, 2.75) is 32.0 Å². The molecule has 1 aliphatic heterocycles. The van der Waals surface area contributed by atoms with Crippen molar-refractivity contribution in [1.29, 1.82) is 0 Å². The first kappa shape index (κ1) is 17.8. The van der Waals surface area contributed by atoms with Crippen LogP contribution in [0, 0.1) is 5.82 Å². The Morgan fingerprint density at radius 3 is 2.89 bits per heavy atom. The lowest BCUT2D eigenvalue weighted by molar-refractivity contribution is 0.181. The fraction of sp³-hybridized carbons (Fsp3) is 0.333. The second-order valence-electron chi connectivity index (χ2n) is 7.02. The third kappa shape index (κ3) is 4.59. The van der Waals surface area contributed by atoms with E-state index in [0.29, 0.717) is 11.7 Å². The van der Waals surface area contributed by atoms with Crippen LogP contribution in [0.3, 0.4) is 0 Å². The van der Waals surface area contributed by atoms with Crippen LogP contribution in [0.5, 0.6) is 0 Å². The molecule has 1 N–H and O–H groups in total. The fourth-order valence-electron chi connectivity index (χ4n) is 3.57. The molecular formula is C21H24FN5. The summed E-state index contributed by atoms with van der Waals surface area (Å²) in [6, 6.07) is 13.2. The number of benzene rings is 1. The molecular weight excluding hydrogens is 341 g/mol. The monoisotopic (exact) mass is 365 g/mol. The van der Waals surface area contributed by atoms with Gasteiger partial charge >= 0.3 is 0 Å². The number of hydrogen-bond acceptors (Lipinski definition) is 4. The summed E-state index contributed by atoms with van der Waals surface area (Å²) >= 11 is 0. The molecule has 0 amide bonds. The van der Waals surface area contributed by atoms with Crippen molar-refractivity contribution >= 4 is 0 Å². The lowest BCUT2D eigenvalue weighted by Crippen LogP contribution is -2.45. The number of piperidine rings is 1. The number of para-hydroxylation sites is 1. The van der Waals surface area contributed by atoms with Crippen LogP contribution in [0.2, 0.25) is 0 Å². The van der Waals surface area contributed by atoms with Crippen LogP contribution in [0.15, 0.2) is 61.1 Å². The molecule has 27 heavy (non-hydrogen) atoms. The SMILES string of the molecule is Fc1ccccc1-n1cc(CN[C@H]2CCCN(Cc3ccccn3)C2)cn1. The Labute approximate surface area is 158 Å². The fourth-order valence-corrected chi connectivity index (χ4v) is 3.57. The Morgan fingerprint density at radius 2 is 2.04 bits per heavy atom. The van der Waals surface area contributed by atoms with Crippen molar-refractivity contribution < 1.29 is 4.39 Å². The van der Waals surface area contributed by atoms with E-state index in [1.807, 2.05) is 30.6 Å². The first-order valence-corrected chi connectivity index (χ1v) is 9.42. The minimum Gasteiger partial charge on any atom is -0.309 e. The smallest absolute Gasteiger partial charge is 0.148 e. The summed E-state index contributed by atoms with van der Waals surface area (Å²) in [5.41, 5.74) is 2.65. The summed E-state index contributed by atoms with van der Waals surface area (Å²) in [5.74, 6) is -0.266. The summed E-state index contributed by atoms with van der Waals surface area (Å²) in [6.07, 6.45) is 7.88. The van der Waals surface area contributed by atoms with E-state index in [1.54, 1.807) is 23.0 Å². The van der Waals surface area contributed by atoms with Crippen LogP contribution in [-0.2, 0) is 13.1 Å². The Morgan fingerprint density at radius 1 is 1.15 bits per heavy atom. The van der Waals surface area contributed by atoms with Crippen molar-refractivity contribution in [3.05, 3.63) is 78.1 Å². The molecule has 4 rings (SSSR count). The van der Waals surface area contributed by atoms with E-state index in [-0.39, 0.29) is 5.82 Å². The van der Waals surface area contributed by atoms with E-state index in [4.69, 9.17) is 0 Å². The Kier molecular flexibility index (Phi) is 5.55. The lowest BCUT2D eigenvalue weighted by Gasteiger charge is -2.33. The molecule has 1 aromatic carbocycles. The molecule has 0 radical (unpaired) electrons. The average Bonchev–Trinajstić information content (AvgIpc) is 3.17. The van der Waals surface area contributed by atoms with Gasteiger partial charge in [-0.15, -0.1) is 0 Å². The second kappa shape index (κ2) is 8.41. The van der Waals surface area contributed by atoms with Gasteiger partial charge < -0.3 is 5.32 Å². The number of halogens is 1. The zero-order valence-electron chi connectivity index (χ0n) is 15.3. The maximum atomic E-state index is 13.9. The van der Waals surface area contributed by atoms with Gasteiger partial charge in [-0.3, -0.25) is 9.88 Å². The van der Waals surface area contributed by atoms with Gasteiger partial charge in [0, 0.05) is 43.6 Å². The summed E-state index contributed by atoms with van der Waals surface area (Å²) in [5, 5.41) is 7.92. The highest BCUT2D eigenvalue weighted by Crippen LogP contribution is 2.15. The summed E-state index contributed by atoms with van der Waals surface area (Å²) in [6.45, 7) is 3.75. The molecule has 0 saturated carbocycles. The summed E-state index contributed by atoms with van der Waals surface area (Å²) in [4.78, 5) is 6.88. The number of hydrogen-bond donors (Lipinski definition) is 1. The van der Waals surface area contributed by atoms with Crippen LogP contribution in [-0.4, -0.2) is 38.8 Å². The highest BCUT2D eigenvalue weighted by atomic mass is 19.1. The van der Waals surface area contributed by atoms with Gasteiger partial charge in [0.1, 0.15) is 11.5 Å². The Hall–Kier alpha value is -2.57. The quantitative estimate of drug-likeness (QED) is 0.729. The molecule has 2 aromatic heterocycles. The number of aromatic nitrogens is 3. The molecule has 1 aliphatic rings. The zero-order chi connectivity index (χ0) is 18.5. The molecule has 0 bridgehead atoms. The zero-order valence-corrected chi connectivity index (χ0v) is 15.3. The molecule has 0 unspecified atom stereocenters. The van der Waals surface area contributed by atoms with E-state index >= 15 is 0 Å². The minimum atomic E-state index is -0.266. The normalized spacial score (nSPS) is 17.9. The molecule has 3 heterocycles. The van der Waals surface area contributed by atoms with Gasteiger partial charge in [0.2, 0.25) is 0 Å². The van der Waals surface area contributed by atoms with Gasteiger partial charge in [-0.2, -0.15) is 5.10 Å². The average molecular weight is 365 g/mol. The number of pyridine rings is 1. The highest BCUT2D eigenvalue weighted by molar-refractivity contribution is 5.32. The Balaban J connectivity index is 1.32. The second-order valence-corrected chi connectivity index (χ2v) is 7.02. The van der Waals surface area contributed by atoms with Crippen LogP contribution in [0.1, 0.15) is 24.1 Å².